The zero-order chi connectivity index (χ0) is 14.2. The number of carbonyl (C=O) groups is 1. The number of rotatable bonds is 5. The summed E-state index contributed by atoms with van der Waals surface area (Å²) in [5.74, 6) is 0.194. The second kappa shape index (κ2) is 10.1. The van der Waals surface area contributed by atoms with Crippen LogP contribution in [0.4, 0.5) is 13.2 Å². The third-order valence-corrected chi connectivity index (χ3v) is 2.05. The van der Waals surface area contributed by atoms with Crippen LogP contribution in [0.2, 0.25) is 0 Å². The van der Waals surface area contributed by atoms with E-state index in [4.69, 9.17) is 0 Å². The molecule has 19 heavy (non-hydrogen) atoms. The fourth-order valence-electron chi connectivity index (χ4n) is 1.05. The smallest absolute Gasteiger partial charge is 0.356 e. The van der Waals surface area contributed by atoms with Gasteiger partial charge in [-0.25, -0.2) is 0 Å². The van der Waals surface area contributed by atoms with Gasteiger partial charge in [0.1, 0.15) is 0 Å². The molecule has 0 radical (unpaired) electrons. The van der Waals surface area contributed by atoms with Gasteiger partial charge in [-0.2, -0.15) is 13.2 Å². The van der Waals surface area contributed by atoms with Crippen molar-refractivity contribution < 1.29 is 18.0 Å². The van der Waals surface area contributed by atoms with Crippen molar-refractivity contribution in [1.29, 1.82) is 0 Å². The predicted octanol–water partition coefficient (Wildman–Crippen LogP) is 1.20. The number of alkyl halides is 3. The summed E-state index contributed by atoms with van der Waals surface area (Å²) >= 11 is 0. The van der Waals surface area contributed by atoms with Crippen LogP contribution in [-0.4, -0.2) is 57.2 Å². The molecular formula is C10H20F3IN4O. The highest BCUT2D eigenvalue weighted by Crippen LogP contribution is 2.17. The lowest BCUT2D eigenvalue weighted by molar-refractivity contribution is -0.132. The van der Waals surface area contributed by atoms with Gasteiger partial charge in [-0.15, -0.1) is 24.0 Å². The van der Waals surface area contributed by atoms with E-state index in [0.717, 1.165) is 0 Å². The van der Waals surface area contributed by atoms with Crippen molar-refractivity contribution in [2.45, 2.75) is 19.0 Å². The normalized spacial score (nSPS) is 11.6. The number of amides is 1. The maximum absolute atomic E-state index is 11.9. The molecule has 0 unspecified atom stereocenters. The molecule has 114 valence electrons. The number of aliphatic imine (C=N–C) groups is 1. The van der Waals surface area contributed by atoms with E-state index in [1.165, 1.54) is 11.9 Å². The summed E-state index contributed by atoms with van der Waals surface area (Å²) in [6, 6.07) is 0. The molecule has 0 rings (SSSR count). The minimum absolute atomic E-state index is 0. The van der Waals surface area contributed by atoms with E-state index in [2.05, 4.69) is 15.6 Å². The van der Waals surface area contributed by atoms with Crippen molar-refractivity contribution in [1.82, 2.24) is 15.5 Å². The molecule has 2 N–H and O–H groups in total. The Hall–Kier alpha value is -0.740. The Morgan fingerprint density at radius 2 is 1.74 bits per heavy atom. The summed E-state index contributed by atoms with van der Waals surface area (Å²) in [4.78, 5) is 16.4. The van der Waals surface area contributed by atoms with Crippen LogP contribution in [0.5, 0.6) is 0 Å². The van der Waals surface area contributed by atoms with Crippen LogP contribution in [0, 0.1) is 0 Å². The van der Waals surface area contributed by atoms with E-state index < -0.39 is 12.6 Å². The molecule has 0 heterocycles. The molecule has 0 spiro atoms. The maximum Gasteiger partial charge on any atom is 0.390 e. The van der Waals surface area contributed by atoms with Crippen molar-refractivity contribution in [3.63, 3.8) is 0 Å². The molecule has 0 aliphatic rings. The molecule has 0 bridgehead atoms. The largest absolute Gasteiger partial charge is 0.390 e. The Morgan fingerprint density at radius 1 is 1.21 bits per heavy atom. The first-order chi connectivity index (χ1) is 8.26. The van der Waals surface area contributed by atoms with E-state index in [-0.39, 0.29) is 48.8 Å². The lowest BCUT2D eigenvalue weighted by Crippen LogP contribution is -2.40. The van der Waals surface area contributed by atoms with Crippen molar-refractivity contribution in [2.75, 3.05) is 34.2 Å². The molecule has 0 aliphatic carbocycles. The average molecular weight is 396 g/mol. The predicted molar refractivity (Wildman–Crippen MR) is 78.8 cm³/mol. The highest BCUT2D eigenvalue weighted by atomic mass is 127. The molecule has 0 atom stereocenters. The van der Waals surface area contributed by atoms with Gasteiger partial charge >= 0.3 is 6.18 Å². The minimum atomic E-state index is -4.19. The lowest BCUT2D eigenvalue weighted by atomic mass is 10.4. The van der Waals surface area contributed by atoms with Crippen LogP contribution < -0.4 is 10.6 Å². The number of nitrogens with one attached hydrogen (secondary N) is 2. The molecule has 0 saturated heterocycles. The number of halogens is 4. The zero-order valence-electron chi connectivity index (χ0n) is 11.2. The number of guanidine groups is 1. The fraction of sp³-hybridized carbons (Fsp3) is 0.800. The van der Waals surface area contributed by atoms with Crippen LogP contribution in [0.1, 0.15) is 12.8 Å². The number of hydrogen-bond donors (Lipinski definition) is 2. The van der Waals surface area contributed by atoms with Gasteiger partial charge in [-0.05, 0) is 0 Å². The summed E-state index contributed by atoms with van der Waals surface area (Å²) in [7, 11) is 4.73. The third-order valence-electron chi connectivity index (χ3n) is 2.05. The molecule has 9 heteroatoms. The first kappa shape index (κ1) is 20.6. The maximum atomic E-state index is 11.9. The topological polar surface area (TPSA) is 56.7 Å². The van der Waals surface area contributed by atoms with Crippen LogP contribution in [0.3, 0.4) is 0 Å². The van der Waals surface area contributed by atoms with E-state index in [1.807, 2.05) is 0 Å². The Balaban J connectivity index is 0. The molecule has 0 fully saturated rings. The summed E-state index contributed by atoms with van der Waals surface area (Å²) in [5.41, 5.74) is 0. The number of hydrogen-bond acceptors (Lipinski definition) is 2. The lowest BCUT2D eigenvalue weighted by Gasteiger charge is -2.14. The molecule has 0 aliphatic heterocycles. The Bertz CT molecular complexity index is 295. The van der Waals surface area contributed by atoms with Gasteiger partial charge < -0.3 is 15.5 Å². The van der Waals surface area contributed by atoms with Gasteiger partial charge in [0.05, 0.1) is 6.42 Å². The molecular weight excluding hydrogens is 376 g/mol. The number of carbonyl (C=O) groups excluding carboxylic acids is 1. The summed E-state index contributed by atoms with van der Waals surface area (Å²) < 4.78 is 35.7. The molecule has 5 nitrogen and oxygen atoms in total. The van der Waals surface area contributed by atoms with E-state index >= 15 is 0 Å². The number of nitrogens with zero attached hydrogens (tertiary/aromatic N) is 2. The molecule has 1 amide bonds. The van der Waals surface area contributed by atoms with E-state index in [1.54, 1.807) is 14.1 Å². The molecule has 0 saturated carbocycles. The summed E-state index contributed by atoms with van der Waals surface area (Å²) in [6.45, 7) is 0.0769. The van der Waals surface area contributed by atoms with Crippen molar-refractivity contribution in [2.24, 2.45) is 4.99 Å². The van der Waals surface area contributed by atoms with Crippen molar-refractivity contribution in [3.05, 3.63) is 0 Å². The quantitative estimate of drug-likeness (QED) is 0.417. The monoisotopic (exact) mass is 396 g/mol. The second-order valence-electron chi connectivity index (χ2n) is 3.83. The van der Waals surface area contributed by atoms with Gasteiger partial charge in [0.2, 0.25) is 5.91 Å². The Labute approximate surface area is 128 Å². The third kappa shape index (κ3) is 12.1. The van der Waals surface area contributed by atoms with Gasteiger partial charge in [-0.1, -0.05) is 0 Å². The summed E-state index contributed by atoms with van der Waals surface area (Å²) in [6.07, 6.45) is -4.86. The van der Waals surface area contributed by atoms with E-state index in [9.17, 15) is 18.0 Å². The Morgan fingerprint density at radius 3 is 2.16 bits per heavy atom. The van der Waals surface area contributed by atoms with Crippen molar-refractivity contribution in [3.8, 4) is 0 Å². The first-order valence-corrected chi connectivity index (χ1v) is 5.47. The van der Waals surface area contributed by atoms with E-state index in [0.29, 0.717) is 6.54 Å². The van der Waals surface area contributed by atoms with Crippen molar-refractivity contribution >= 4 is 35.8 Å². The van der Waals surface area contributed by atoms with Crippen LogP contribution in [-0.2, 0) is 4.79 Å². The summed E-state index contributed by atoms with van der Waals surface area (Å²) in [5, 5.41) is 5.29. The highest BCUT2D eigenvalue weighted by molar-refractivity contribution is 14.0. The SMILES string of the molecule is CN=C(NCCC(=O)N(C)C)NCCC(F)(F)F.I. The van der Waals surface area contributed by atoms with Crippen LogP contribution in [0.15, 0.2) is 4.99 Å². The standard InChI is InChI=1S/C10H19F3N4O.HI/c1-14-9(16-7-5-10(11,12)13)15-6-4-8(18)17(2)3;/h4-7H2,1-3H3,(H2,14,15,16);1H. The molecule has 0 aromatic carbocycles. The van der Waals surface area contributed by atoms with Crippen LogP contribution >= 0.6 is 24.0 Å². The minimum Gasteiger partial charge on any atom is -0.356 e. The van der Waals surface area contributed by atoms with Gasteiger partial charge in [0.25, 0.3) is 0 Å². The zero-order valence-corrected chi connectivity index (χ0v) is 13.5. The van der Waals surface area contributed by atoms with Gasteiger partial charge in [-0.3, -0.25) is 9.79 Å². The van der Waals surface area contributed by atoms with Crippen LogP contribution in [0.25, 0.3) is 0 Å². The van der Waals surface area contributed by atoms with Gasteiger partial charge in [0.15, 0.2) is 5.96 Å². The van der Waals surface area contributed by atoms with Gasteiger partial charge in [0, 0.05) is 40.7 Å². The Kier molecular flexibility index (Phi) is 10.9. The molecule has 0 aromatic heterocycles. The molecule has 0 aromatic rings. The first-order valence-electron chi connectivity index (χ1n) is 5.47. The second-order valence-corrected chi connectivity index (χ2v) is 3.83. The average Bonchev–Trinajstić information content (AvgIpc) is 2.24. The fourth-order valence-corrected chi connectivity index (χ4v) is 1.05. The highest BCUT2D eigenvalue weighted by Gasteiger charge is 2.26.